The van der Waals surface area contributed by atoms with Gasteiger partial charge in [0.1, 0.15) is 5.65 Å². The zero-order chi connectivity index (χ0) is 25.8. The van der Waals surface area contributed by atoms with Gasteiger partial charge in [-0.1, -0.05) is 48.0 Å². The van der Waals surface area contributed by atoms with Crippen molar-refractivity contribution in [3.8, 4) is 11.4 Å². The number of carbonyl (C=O) groups excluding carboxylic acids is 1. The van der Waals surface area contributed by atoms with E-state index in [4.69, 9.17) is 16.4 Å². The Balaban J connectivity index is 0.000000303. The fraction of sp³-hybridized carbons (Fsp3) is 0.308. The van der Waals surface area contributed by atoms with Crippen molar-refractivity contribution in [3.63, 3.8) is 0 Å². The summed E-state index contributed by atoms with van der Waals surface area (Å²) in [4.78, 5) is 27.1. The lowest BCUT2D eigenvalue weighted by atomic mass is 9.98. The van der Waals surface area contributed by atoms with E-state index >= 15 is 0 Å². The number of hydrogen-bond acceptors (Lipinski definition) is 7. The minimum Gasteiger partial charge on any atom is -0.471 e. The van der Waals surface area contributed by atoms with Crippen LogP contribution < -0.4 is 5.32 Å². The molecule has 0 bridgehead atoms. The van der Waals surface area contributed by atoms with Gasteiger partial charge < -0.3 is 19.9 Å². The summed E-state index contributed by atoms with van der Waals surface area (Å²) in [6, 6.07) is 13.8. The molecular formula is C26H30ClFN6O2. The maximum absolute atomic E-state index is 14.2. The standard InChI is InChI=1S/C18H20ClFN6.C6H6.C2H4O2/c1-26-4-2-3-11(10-26)6-21-18-15(20)9-24-17(25-18)14-8-23-16-13(14)5-12(19)7-22-16;1-2-4-6-5-3-1;1-4-2-3/h5,7-9,11H,2-4,6,10H2,1H3,(H,22,23)(H,21,24,25);1-6H;2H,1H3. The highest BCUT2D eigenvalue weighted by molar-refractivity contribution is 6.31. The summed E-state index contributed by atoms with van der Waals surface area (Å²) >= 11 is 6.05. The first-order valence-electron chi connectivity index (χ1n) is 11.6. The number of hydrogen-bond donors (Lipinski definition) is 2. The first kappa shape index (κ1) is 27.0. The summed E-state index contributed by atoms with van der Waals surface area (Å²) in [5.74, 6) is 0.703. The van der Waals surface area contributed by atoms with E-state index in [1.165, 1.54) is 19.7 Å². The van der Waals surface area contributed by atoms with Crippen molar-refractivity contribution in [2.45, 2.75) is 12.8 Å². The second-order valence-corrected chi connectivity index (χ2v) is 8.72. The molecular weight excluding hydrogens is 483 g/mol. The molecule has 5 rings (SSSR count). The minimum atomic E-state index is -0.450. The van der Waals surface area contributed by atoms with Gasteiger partial charge in [0.25, 0.3) is 6.47 Å². The van der Waals surface area contributed by atoms with Gasteiger partial charge in [-0.3, -0.25) is 4.79 Å². The number of carbonyl (C=O) groups is 1. The smallest absolute Gasteiger partial charge is 0.292 e. The number of pyridine rings is 1. The summed E-state index contributed by atoms with van der Waals surface area (Å²) in [6.45, 7) is 3.21. The van der Waals surface area contributed by atoms with Crippen molar-refractivity contribution in [2.75, 3.05) is 39.1 Å². The van der Waals surface area contributed by atoms with Crippen molar-refractivity contribution >= 4 is 34.9 Å². The van der Waals surface area contributed by atoms with Crippen LogP contribution in [0.2, 0.25) is 5.02 Å². The number of fused-ring (bicyclic) bond motifs is 1. The average Bonchev–Trinajstić information content (AvgIpc) is 3.33. The summed E-state index contributed by atoms with van der Waals surface area (Å²) in [5.41, 5.74) is 1.44. The number of piperidine rings is 1. The quantitative estimate of drug-likeness (QED) is 0.361. The zero-order valence-electron chi connectivity index (χ0n) is 20.3. The van der Waals surface area contributed by atoms with Crippen LogP contribution in [-0.2, 0) is 9.53 Å². The van der Waals surface area contributed by atoms with Gasteiger partial charge in [0.15, 0.2) is 17.5 Å². The molecule has 36 heavy (non-hydrogen) atoms. The molecule has 0 radical (unpaired) electrons. The van der Waals surface area contributed by atoms with E-state index in [-0.39, 0.29) is 5.82 Å². The highest BCUT2D eigenvalue weighted by Crippen LogP contribution is 2.28. The molecule has 0 spiro atoms. The number of anilines is 1. The highest BCUT2D eigenvalue weighted by Gasteiger charge is 2.18. The molecule has 190 valence electrons. The third kappa shape index (κ3) is 8.00. The summed E-state index contributed by atoms with van der Waals surface area (Å²) in [5, 5.41) is 4.50. The number of nitrogens with zero attached hydrogens (tertiary/aromatic N) is 4. The molecule has 1 saturated heterocycles. The van der Waals surface area contributed by atoms with Gasteiger partial charge in [-0.2, -0.15) is 0 Å². The van der Waals surface area contributed by atoms with Crippen LogP contribution in [0.3, 0.4) is 0 Å². The number of aromatic nitrogens is 4. The maximum Gasteiger partial charge on any atom is 0.292 e. The van der Waals surface area contributed by atoms with E-state index in [2.05, 4.69) is 41.9 Å². The number of methoxy groups -OCH3 is 1. The molecule has 0 saturated carbocycles. The van der Waals surface area contributed by atoms with Crippen LogP contribution in [0.15, 0.2) is 61.1 Å². The van der Waals surface area contributed by atoms with Gasteiger partial charge in [-0.25, -0.2) is 19.3 Å². The van der Waals surface area contributed by atoms with E-state index in [0.29, 0.717) is 35.4 Å². The van der Waals surface area contributed by atoms with E-state index in [1.807, 2.05) is 36.4 Å². The fourth-order valence-electron chi connectivity index (χ4n) is 3.85. The fourth-order valence-corrected chi connectivity index (χ4v) is 4.01. The Kier molecular flexibility index (Phi) is 10.6. The number of aromatic amines is 1. The topological polar surface area (TPSA) is 96.0 Å². The molecule has 10 heteroatoms. The van der Waals surface area contributed by atoms with Gasteiger partial charge in [0.2, 0.25) is 0 Å². The molecule has 1 aliphatic rings. The van der Waals surface area contributed by atoms with Crippen molar-refractivity contribution in [3.05, 3.63) is 71.9 Å². The Hall–Kier alpha value is -3.56. The number of benzene rings is 1. The van der Waals surface area contributed by atoms with E-state index in [9.17, 15) is 4.39 Å². The van der Waals surface area contributed by atoms with E-state index in [0.717, 1.165) is 30.5 Å². The van der Waals surface area contributed by atoms with E-state index < -0.39 is 5.82 Å². The molecule has 4 heterocycles. The van der Waals surface area contributed by atoms with Crippen molar-refractivity contribution in [1.82, 2.24) is 24.8 Å². The lowest BCUT2D eigenvalue weighted by molar-refractivity contribution is -0.126. The van der Waals surface area contributed by atoms with Crippen LogP contribution in [0, 0.1) is 11.7 Å². The first-order valence-corrected chi connectivity index (χ1v) is 11.9. The Morgan fingerprint density at radius 3 is 2.56 bits per heavy atom. The lowest BCUT2D eigenvalue weighted by Crippen LogP contribution is -2.35. The molecule has 3 aromatic heterocycles. The van der Waals surface area contributed by atoms with E-state index in [1.54, 1.807) is 18.5 Å². The number of likely N-dealkylation sites (tertiary alicyclic amines) is 1. The predicted molar refractivity (Wildman–Crippen MR) is 140 cm³/mol. The van der Waals surface area contributed by atoms with Crippen molar-refractivity contribution < 1.29 is 13.9 Å². The van der Waals surface area contributed by atoms with Gasteiger partial charge in [0.05, 0.1) is 18.3 Å². The van der Waals surface area contributed by atoms with Crippen molar-refractivity contribution in [2.24, 2.45) is 5.92 Å². The van der Waals surface area contributed by atoms with Crippen molar-refractivity contribution in [1.29, 1.82) is 0 Å². The Labute approximate surface area is 214 Å². The second-order valence-electron chi connectivity index (χ2n) is 8.28. The molecule has 4 aromatic rings. The molecule has 8 nitrogen and oxygen atoms in total. The molecule has 1 fully saturated rings. The first-order chi connectivity index (χ1) is 17.5. The number of rotatable bonds is 5. The van der Waals surface area contributed by atoms with Crippen LogP contribution in [0.1, 0.15) is 12.8 Å². The zero-order valence-corrected chi connectivity index (χ0v) is 21.1. The Morgan fingerprint density at radius 1 is 1.22 bits per heavy atom. The van der Waals surface area contributed by atoms with Gasteiger partial charge >= 0.3 is 0 Å². The van der Waals surface area contributed by atoms with Crippen LogP contribution in [0.4, 0.5) is 10.2 Å². The average molecular weight is 513 g/mol. The summed E-state index contributed by atoms with van der Waals surface area (Å²) in [7, 11) is 3.43. The van der Waals surface area contributed by atoms with Crippen LogP contribution in [0.25, 0.3) is 22.4 Å². The summed E-state index contributed by atoms with van der Waals surface area (Å²) < 4.78 is 18.0. The van der Waals surface area contributed by atoms with Gasteiger partial charge in [0, 0.05) is 36.4 Å². The van der Waals surface area contributed by atoms with Crippen LogP contribution >= 0.6 is 11.6 Å². The highest BCUT2D eigenvalue weighted by atomic mass is 35.5. The van der Waals surface area contributed by atoms with Crippen LogP contribution in [0.5, 0.6) is 0 Å². The number of nitrogens with one attached hydrogen (secondary N) is 2. The largest absolute Gasteiger partial charge is 0.471 e. The SMILES string of the molecule is CN1CCCC(CNc2nc(-c3c[nH]c4ncc(Cl)cc34)ncc2F)C1.COC=O.c1ccccc1. The third-order valence-electron chi connectivity index (χ3n) is 5.53. The molecule has 2 N–H and O–H groups in total. The predicted octanol–water partition coefficient (Wildman–Crippen LogP) is 5.04. The summed E-state index contributed by atoms with van der Waals surface area (Å²) in [6.07, 6.45) is 6.85. The number of halogens is 2. The monoisotopic (exact) mass is 512 g/mol. The maximum atomic E-state index is 14.2. The number of ether oxygens (including phenoxy) is 1. The Bertz CT molecular complexity index is 1200. The molecule has 1 aromatic carbocycles. The molecule has 1 unspecified atom stereocenters. The molecule has 0 amide bonds. The molecule has 1 aliphatic heterocycles. The van der Waals surface area contributed by atoms with Gasteiger partial charge in [-0.05, 0) is 38.4 Å². The second kappa shape index (κ2) is 14.1. The third-order valence-corrected chi connectivity index (χ3v) is 5.73. The molecule has 0 aliphatic carbocycles. The molecule has 1 atom stereocenters. The lowest BCUT2D eigenvalue weighted by Gasteiger charge is -2.29. The van der Waals surface area contributed by atoms with Gasteiger partial charge in [-0.15, -0.1) is 0 Å². The number of H-pyrrole nitrogens is 1. The normalized spacial score (nSPS) is 15.2. The van der Waals surface area contributed by atoms with Crippen LogP contribution in [-0.4, -0.2) is 65.1 Å². The minimum absolute atomic E-state index is 0.229. The Morgan fingerprint density at radius 2 is 1.92 bits per heavy atom.